The van der Waals surface area contributed by atoms with Crippen molar-refractivity contribution in [3.05, 3.63) is 59.7 Å². The zero-order valence-electron chi connectivity index (χ0n) is 8.35. The van der Waals surface area contributed by atoms with E-state index in [0.717, 1.165) is 6.42 Å². The van der Waals surface area contributed by atoms with Crippen molar-refractivity contribution >= 4 is 6.08 Å². The van der Waals surface area contributed by atoms with Crippen LogP contribution in [-0.2, 0) is 0 Å². The van der Waals surface area contributed by atoms with Crippen molar-refractivity contribution in [1.82, 2.24) is 9.97 Å². The largest absolute Gasteiger partial charge is 0.348 e. The quantitative estimate of drug-likeness (QED) is 0.746. The number of aromatic amines is 1. The van der Waals surface area contributed by atoms with E-state index in [4.69, 9.17) is 0 Å². The summed E-state index contributed by atoms with van der Waals surface area (Å²) in [6.45, 7) is 0. The Kier molecular flexibility index (Phi) is 1.91. The van der Waals surface area contributed by atoms with E-state index >= 15 is 0 Å². The normalized spacial score (nSPS) is 18.8. The first-order valence-corrected chi connectivity index (χ1v) is 5.19. The SMILES string of the molecule is C1=Cc2ccccc2C(c2cnc[nH]2)C1. The minimum atomic E-state index is 0.439. The van der Waals surface area contributed by atoms with E-state index in [0.29, 0.717) is 5.92 Å². The number of aromatic nitrogens is 2. The van der Waals surface area contributed by atoms with Gasteiger partial charge < -0.3 is 4.98 Å². The summed E-state index contributed by atoms with van der Waals surface area (Å²) in [5.74, 6) is 0.439. The smallest absolute Gasteiger partial charge is 0.0921 e. The average molecular weight is 196 g/mol. The fourth-order valence-corrected chi connectivity index (χ4v) is 2.19. The number of fused-ring (bicyclic) bond motifs is 1. The number of H-pyrrole nitrogens is 1. The Morgan fingerprint density at radius 2 is 2.20 bits per heavy atom. The van der Waals surface area contributed by atoms with Gasteiger partial charge in [0.1, 0.15) is 0 Å². The molecule has 1 atom stereocenters. The standard InChI is InChI=1S/C13H12N2/c1-2-6-11-10(4-1)5-3-7-12(11)13-8-14-9-15-13/h1-6,8-9,12H,7H2,(H,14,15). The number of rotatable bonds is 1. The molecular weight excluding hydrogens is 184 g/mol. The van der Waals surface area contributed by atoms with Crippen molar-refractivity contribution in [2.24, 2.45) is 0 Å². The van der Waals surface area contributed by atoms with E-state index in [2.05, 4.69) is 46.4 Å². The minimum absolute atomic E-state index is 0.439. The summed E-state index contributed by atoms with van der Waals surface area (Å²) in [6, 6.07) is 8.54. The fraction of sp³-hybridized carbons (Fsp3) is 0.154. The van der Waals surface area contributed by atoms with E-state index in [1.54, 1.807) is 6.33 Å². The molecule has 2 nitrogen and oxygen atoms in total. The molecule has 0 radical (unpaired) electrons. The third kappa shape index (κ3) is 1.38. The Balaban J connectivity index is 2.10. The van der Waals surface area contributed by atoms with Crippen LogP contribution in [0.5, 0.6) is 0 Å². The van der Waals surface area contributed by atoms with Gasteiger partial charge in [0, 0.05) is 17.8 Å². The summed E-state index contributed by atoms with van der Waals surface area (Å²) < 4.78 is 0. The summed E-state index contributed by atoms with van der Waals surface area (Å²) >= 11 is 0. The second-order valence-electron chi connectivity index (χ2n) is 3.83. The molecule has 1 aliphatic carbocycles. The van der Waals surface area contributed by atoms with Crippen molar-refractivity contribution in [1.29, 1.82) is 0 Å². The van der Waals surface area contributed by atoms with Gasteiger partial charge in [0.15, 0.2) is 0 Å². The summed E-state index contributed by atoms with van der Waals surface area (Å²) in [7, 11) is 0. The number of nitrogens with zero attached hydrogens (tertiary/aromatic N) is 1. The highest BCUT2D eigenvalue weighted by molar-refractivity contribution is 5.59. The molecule has 0 fully saturated rings. The van der Waals surface area contributed by atoms with Crippen molar-refractivity contribution in [3.8, 4) is 0 Å². The number of benzene rings is 1. The Hall–Kier alpha value is -1.83. The second kappa shape index (κ2) is 3.39. The van der Waals surface area contributed by atoms with Crippen molar-refractivity contribution in [3.63, 3.8) is 0 Å². The van der Waals surface area contributed by atoms with E-state index in [1.807, 2.05) is 6.20 Å². The molecule has 1 N–H and O–H groups in total. The third-order valence-electron chi connectivity index (χ3n) is 2.94. The summed E-state index contributed by atoms with van der Waals surface area (Å²) in [5, 5.41) is 0. The zero-order valence-corrected chi connectivity index (χ0v) is 8.35. The topological polar surface area (TPSA) is 28.7 Å². The van der Waals surface area contributed by atoms with Gasteiger partial charge in [-0.25, -0.2) is 4.98 Å². The monoisotopic (exact) mass is 196 g/mol. The van der Waals surface area contributed by atoms with Crippen LogP contribution in [0.1, 0.15) is 29.2 Å². The van der Waals surface area contributed by atoms with Crippen molar-refractivity contribution < 1.29 is 0 Å². The maximum absolute atomic E-state index is 4.09. The van der Waals surface area contributed by atoms with Gasteiger partial charge in [0.2, 0.25) is 0 Å². The Morgan fingerprint density at radius 1 is 1.27 bits per heavy atom. The first-order valence-electron chi connectivity index (χ1n) is 5.19. The van der Waals surface area contributed by atoms with Crippen LogP contribution < -0.4 is 0 Å². The number of hydrogen-bond donors (Lipinski definition) is 1. The lowest BCUT2D eigenvalue weighted by molar-refractivity contribution is 0.793. The predicted octanol–water partition coefficient (Wildman–Crippen LogP) is 2.96. The first kappa shape index (κ1) is 8.48. The van der Waals surface area contributed by atoms with Crippen LogP contribution in [0, 0.1) is 0 Å². The van der Waals surface area contributed by atoms with Gasteiger partial charge >= 0.3 is 0 Å². The Bertz CT molecular complexity index is 483. The molecule has 1 unspecified atom stereocenters. The number of imidazole rings is 1. The second-order valence-corrected chi connectivity index (χ2v) is 3.83. The average Bonchev–Trinajstić information content (AvgIpc) is 2.82. The lowest BCUT2D eigenvalue weighted by atomic mass is 9.85. The number of nitrogens with one attached hydrogen (secondary N) is 1. The molecular formula is C13H12N2. The maximum Gasteiger partial charge on any atom is 0.0921 e. The summed E-state index contributed by atoms with van der Waals surface area (Å²) in [4.78, 5) is 7.29. The summed E-state index contributed by atoms with van der Waals surface area (Å²) in [5.41, 5.74) is 3.92. The van der Waals surface area contributed by atoms with Gasteiger partial charge in [-0.1, -0.05) is 36.4 Å². The highest BCUT2D eigenvalue weighted by Crippen LogP contribution is 2.33. The molecule has 15 heavy (non-hydrogen) atoms. The van der Waals surface area contributed by atoms with E-state index in [9.17, 15) is 0 Å². The molecule has 2 heteroatoms. The molecule has 0 saturated carbocycles. The van der Waals surface area contributed by atoms with Crippen LogP contribution in [-0.4, -0.2) is 9.97 Å². The molecule has 1 aromatic heterocycles. The van der Waals surface area contributed by atoms with Crippen LogP contribution in [0.4, 0.5) is 0 Å². The van der Waals surface area contributed by atoms with Gasteiger partial charge in [0.05, 0.1) is 6.33 Å². The van der Waals surface area contributed by atoms with E-state index in [1.165, 1.54) is 16.8 Å². The Labute approximate surface area is 88.7 Å². The molecule has 3 rings (SSSR count). The third-order valence-corrected chi connectivity index (χ3v) is 2.94. The molecule has 0 bridgehead atoms. The van der Waals surface area contributed by atoms with Gasteiger partial charge in [-0.05, 0) is 17.5 Å². The molecule has 1 aliphatic rings. The van der Waals surface area contributed by atoms with Crippen LogP contribution in [0.15, 0.2) is 42.9 Å². The number of hydrogen-bond acceptors (Lipinski definition) is 1. The molecule has 0 spiro atoms. The molecule has 2 aromatic rings. The minimum Gasteiger partial charge on any atom is -0.348 e. The Morgan fingerprint density at radius 3 is 3.07 bits per heavy atom. The maximum atomic E-state index is 4.09. The van der Waals surface area contributed by atoms with Crippen molar-refractivity contribution in [2.75, 3.05) is 0 Å². The van der Waals surface area contributed by atoms with Crippen molar-refractivity contribution in [2.45, 2.75) is 12.3 Å². The highest BCUT2D eigenvalue weighted by atomic mass is 14.9. The fourth-order valence-electron chi connectivity index (χ4n) is 2.19. The molecule has 1 aromatic carbocycles. The first-order chi connectivity index (χ1) is 7.45. The van der Waals surface area contributed by atoms with Gasteiger partial charge in [-0.2, -0.15) is 0 Å². The van der Waals surface area contributed by atoms with Crippen LogP contribution in [0.2, 0.25) is 0 Å². The molecule has 1 heterocycles. The number of allylic oxidation sites excluding steroid dienone is 1. The summed E-state index contributed by atoms with van der Waals surface area (Å²) in [6.07, 6.45) is 9.14. The lowest BCUT2D eigenvalue weighted by Gasteiger charge is -2.20. The van der Waals surface area contributed by atoms with Gasteiger partial charge in [-0.3, -0.25) is 0 Å². The van der Waals surface area contributed by atoms with Crippen LogP contribution >= 0.6 is 0 Å². The molecule has 0 amide bonds. The van der Waals surface area contributed by atoms with Crippen LogP contribution in [0.25, 0.3) is 6.08 Å². The molecule has 74 valence electrons. The van der Waals surface area contributed by atoms with Crippen LogP contribution in [0.3, 0.4) is 0 Å². The molecule has 0 saturated heterocycles. The highest BCUT2D eigenvalue weighted by Gasteiger charge is 2.18. The van der Waals surface area contributed by atoms with Gasteiger partial charge in [-0.15, -0.1) is 0 Å². The molecule has 0 aliphatic heterocycles. The lowest BCUT2D eigenvalue weighted by Crippen LogP contribution is -2.05. The van der Waals surface area contributed by atoms with Gasteiger partial charge in [0.25, 0.3) is 0 Å². The van der Waals surface area contributed by atoms with E-state index < -0.39 is 0 Å². The predicted molar refractivity (Wildman–Crippen MR) is 60.5 cm³/mol. The zero-order chi connectivity index (χ0) is 10.1. The van der Waals surface area contributed by atoms with E-state index in [-0.39, 0.29) is 0 Å².